The Labute approximate surface area is 143 Å². The van der Waals surface area contributed by atoms with Crippen LogP contribution in [0.4, 0.5) is 0 Å². The molecule has 122 valence electrons. The lowest BCUT2D eigenvalue weighted by atomic mass is 9.92. The Hall–Kier alpha value is -1.72. The highest BCUT2D eigenvalue weighted by atomic mass is 35.5. The highest BCUT2D eigenvalue weighted by Crippen LogP contribution is 2.45. The summed E-state index contributed by atoms with van der Waals surface area (Å²) in [5.41, 5.74) is 0.932. The van der Waals surface area contributed by atoms with Crippen molar-refractivity contribution in [2.45, 2.75) is 24.8 Å². The van der Waals surface area contributed by atoms with Gasteiger partial charge in [0.2, 0.25) is 5.91 Å². The van der Waals surface area contributed by atoms with Gasteiger partial charge in [0.15, 0.2) is 0 Å². The molecule has 1 N–H and O–H groups in total. The van der Waals surface area contributed by atoms with Gasteiger partial charge in [-0.1, -0.05) is 23.2 Å². The molecule has 23 heavy (non-hydrogen) atoms. The first kappa shape index (κ1) is 16.1. The first-order valence-corrected chi connectivity index (χ1v) is 7.94. The van der Waals surface area contributed by atoms with E-state index < -0.39 is 5.97 Å². The third-order valence-corrected chi connectivity index (χ3v) is 5.27. The zero-order valence-corrected chi connectivity index (χ0v) is 13.9. The van der Waals surface area contributed by atoms with E-state index in [9.17, 15) is 9.59 Å². The minimum absolute atomic E-state index is 0.0355. The molecule has 1 amide bonds. The predicted molar refractivity (Wildman–Crippen MR) is 86.2 cm³/mol. The maximum absolute atomic E-state index is 12.2. The van der Waals surface area contributed by atoms with Gasteiger partial charge >= 0.3 is 5.97 Å². The fourth-order valence-corrected chi connectivity index (χ4v) is 3.87. The Morgan fingerprint density at radius 1 is 1.39 bits per heavy atom. The van der Waals surface area contributed by atoms with Crippen LogP contribution in [0.1, 0.15) is 24.3 Å². The number of nitrogens with zero attached hydrogens (tertiary/aromatic N) is 1. The summed E-state index contributed by atoms with van der Waals surface area (Å²) < 4.78 is 5.38. The van der Waals surface area contributed by atoms with Crippen LogP contribution >= 0.6 is 23.2 Å². The van der Waals surface area contributed by atoms with Gasteiger partial charge in [-0.05, 0) is 18.6 Å². The monoisotopic (exact) mass is 355 g/mol. The van der Waals surface area contributed by atoms with Crippen LogP contribution in [0.3, 0.4) is 0 Å². The molecule has 1 saturated heterocycles. The lowest BCUT2D eigenvalue weighted by molar-refractivity contribution is -0.135. The van der Waals surface area contributed by atoms with Crippen LogP contribution in [0, 0.1) is 0 Å². The van der Waals surface area contributed by atoms with E-state index >= 15 is 0 Å². The van der Waals surface area contributed by atoms with Crippen molar-refractivity contribution in [3.8, 4) is 5.75 Å². The predicted octanol–water partition coefficient (Wildman–Crippen LogP) is 3.10. The fraction of sp³-hybridized carbons (Fsp3) is 0.375. The number of aliphatic carboxylic acids is 1. The third kappa shape index (κ3) is 2.79. The second kappa shape index (κ2) is 6.06. The van der Waals surface area contributed by atoms with E-state index in [1.807, 2.05) is 0 Å². The van der Waals surface area contributed by atoms with Gasteiger partial charge in [0.25, 0.3) is 0 Å². The van der Waals surface area contributed by atoms with Crippen LogP contribution in [-0.2, 0) is 9.59 Å². The second-order valence-electron chi connectivity index (χ2n) is 5.73. The first-order chi connectivity index (χ1) is 10.9. The Bertz CT molecular complexity index is 716. The summed E-state index contributed by atoms with van der Waals surface area (Å²) in [6.07, 6.45) is 2.18. The molecule has 2 aliphatic heterocycles. The minimum Gasteiger partial charge on any atom is -0.496 e. The molecule has 1 aromatic carbocycles. The number of fused-ring (bicyclic) bond motifs is 1. The van der Waals surface area contributed by atoms with Gasteiger partial charge < -0.3 is 14.7 Å². The maximum atomic E-state index is 12.2. The lowest BCUT2D eigenvalue weighted by Gasteiger charge is -2.27. The van der Waals surface area contributed by atoms with Gasteiger partial charge in [0, 0.05) is 42.1 Å². The van der Waals surface area contributed by atoms with Crippen LogP contribution in [-0.4, -0.2) is 41.6 Å². The van der Waals surface area contributed by atoms with E-state index in [0.29, 0.717) is 35.2 Å². The number of halogens is 2. The minimum atomic E-state index is -1.04. The van der Waals surface area contributed by atoms with E-state index in [1.54, 1.807) is 24.1 Å². The normalized spacial score (nSPS) is 23.5. The number of carboxylic acids is 1. The smallest absolute Gasteiger partial charge is 0.331 e. The molecule has 0 aliphatic carbocycles. The van der Waals surface area contributed by atoms with Crippen LogP contribution in [0.15, 0.2) is 23.8 Å². The molecular formula is C16H15Cl2NO4. The second-order valence-corrected chi connectivity index (χ2v) is 6.52. The molecule has 0 aromatic heterocycles. The number of rotatable bonds is 3. The highest BCUT2D eigenvalue weighted by molar-refractivity contribution is 6.42. The van der Waals surface area contributed by atoms with Crippen LogP contribution < -0.4 is 4.74 Å². The Balaban J connectivity index is 1.92. The van der Waals surface area contributed by atoms with Crippen molar-refractivity contribution in [1.82, 2.24) is 4.90 Å². The third-order valence-electron chi connectivity index (χ3n) is 4.45. The number of methoxy groups -OCH3 is 1. The number of carbonyl (C=O) groups excluding carboxylic acids is 1. The molecule has 3 rings (SSSR count). The van der Waals surface area contributed by atoms with Crippen molar-refractivity contribution >= 4 is 35.1 Å². The topological polar surface area (TPSA) is 66.8 Å². The van der Waals surface area contributed by atoms with Gasteiger partial charge in [0.1, 0.15) is 5.75 Å². The molecule has 1 aromatic rings. The van der Waals surface area contributed by atoms with Gasteiger partial charge in [-0.3, -0.25) is 4.79 Å². The van der Waals surface area contributed by atoms with E-state index in [-0.39, 0.29) is 23.4 Å². The summed E-state index contributed by atoms with van der Waals surface area (Å²) in [5, 5.41) is 9.98. The van der Waals surface area contributed by atoms with Gasteiger partial charge in [-0.15, -0.1) is 0 Å². The average molecular weight is 356 g/mol. The molecule has 0 bridgehead atoms. The quantitative estimate of drug-likeness (QED) is 0.904. The van der Waals surface area contributed by atoms with E-state index in [2.05, 4.69) is 0 Å². The Morgan fingerprint density at radius 2 is 2.13 bits per heavy atom. The highest BCUT2D eigenvalue weighted by Gasteiger charge is 2.41. The van der Waals surface area contributed by atoms with Crippen molar-refractivity contribution < 1.29 is 19.4 Å². The number of amides is 1. The summed E-state index contributed by atoms with van der Waals surface area (Å²) in [5.74, 6) is -0.715. The number of carbonyl (C=O) groups is 2. The molecular weight excluding hydrogens is 341 g/mol. The fourth-order valence-electron chi connectivity index (χ4n) is 3.39. The van der Waals surface area contributed by atoms with Crippen molar-refractivity contribution in [3.05, 3.63) is 39.4 Å². The molecule has 2 heterocycles. The molecule has 2 atom stereocenters. The summed E-state index contributed by atoms with van der Waals surface area (Å²) in [6.45, 7) is 0.476. The van der Waals surface area contributed by atoms with Gasteiger partial charge in [-0.25, -0.2) is 4.79 Å². The number of ether oxygens (including phenoxy) is 1. The molecule has 0 spiro atoms. The van der Waals surface area contributed by atoms with Gasteiger partial charge in [-0.2, -0.15) is 0 Å². The van der Waals surface area contributed by atoms with Crippen molar-refractivity contribution in [1.29, 1.82) is 0 Å². The summed E-state index contributed by atoms with van der Waals surface area (Å²) >= 11 is 12.5. The Kier molecular flexibility index (Phi) is 4.25. The zero-order valence-electron chi connectivity index (χ0n) is 12.4. The lowest BCUT2D eigenvalue weighted by Crippen LogP contribution is -2.39. The summed E-state index contributed by atoms with van der Waals surface area (Å²) in [7, 11) is 1.56. The zero-order chi connectivity index (χ0) is 16.7. The standard InChI is InChI=1S/C16H15Cl2NO4/c1-23-12-3-2-11(17)15(18)14(12)9-5-10-4-8(16(21)22)6-13(20)19(10)7-9/h2-3,6,9-10H,4-5,7H2,1H3,(H,21,22)/t9-,10+/m0/s1. The molecule has 0 saturated carbocycles. The number of benzene rings is 1. The Morgan fingerprint density at radius 3 is 2.78 bits per heavy atom. The van der Waals surface area contributed by atoms with Crippen molar-refractivity contribution in [2.75, 3.05) is 13.7 Å². The molecule has 7 heteroatoms. The summed E-state index contributed by atoms with van der Waals surface area (Å²) in [6, 6.07) is 3.29. The van der Waals surface area contributed by atoms with E-state index in [0.717, 1.165) is 5.56 Å². The van der Waals surface area contributed by atoms with Crippen molar-refractivity contribution in [2.24, 2.45) is 0 Å². The molecule has 2 aliphatic rings. The van der Waals surface area contributed by atoms with E-state index in [4.69, 9.17) is 33.0 Å². The van der Waals surface area contributed by atoms with Crippen LogP contribution in [0.25, 0.3) is 0 Å². The maximum Gasteiger partial charge on any atom is 0.331 e. The largest absolute Gasteiger partial charge is 0.496 e. The van der Waals surface area contributed by atoms with Crippen molar-refractivity contribution in [3.63, 3.8) is 0 Å². The number of carboxylic acid groups (broad SMARTS) is 1. The van der Waals surface area contributed by atoms with E-state index in [1.165, 1.54) is 6.08 Å². The van der Waals surface area contributed by atoms with Crippen LogP contribution in [0.5, 0.6) is 5.75 Å². The molecule has 5 nitrogen and oxygen atoms in total. The number of hydrogen-bond acceptors (Lipinski definition) is 3. The first-order valence-electron chi connectivity index (χ1n) is 7.18. The molecule has 1 fully saturated rings. The van der Waals surface area contributed by atoms with Gasteiger partial charge in [0.05, 0.1) is 17.2 Å². The summed E-state index contributed by atoms with van der Waals surface area (Å²) in [4.78, 5) is 25.0. The SMILES string of the molecule is COc1ccc(Cl)c(Cl)c1[C@H]1C[C@H]2CC(C(=O)O)=CC(=O)N2C1. The average Bonchev–Trinajstić information content (AvgIpc) is 2.93. The van der Waals surface area contributed by atoms with Crippen LogP contribution in [0.2, 0.25) is 10.0 Å². The molecule has 0 radical (unpaired) electrons. The molecule has 0 unspecified atom stereocenters. The number of hydrogen-bond donors (Lipinski definition) is 1.